The minimum atomic E-state index is 0.0964. The first kappa shape index (κ1) is 13.3. The van der Waals surface area contributed by atoms with E-state index >= 15 is 0 Å². The summed E-state index contributed by atoms with van der Waals surface area (Å²) in [7, 11) is 0. The Morgan fingerprint density at radius 1 is 1.33 bits per heavy atom. The van der Waals surface area contributed by atoms with Gasteiger partial charge in [-0.3, -0.25) is 4.98 Å². The molecule has 0 radical (unpaired) electrons. The number of hydrogen-bond acceptors (Lipinski definition) is 3. The number of rotatable bonds is 5. The Hall–Kier alpha value is -1.09. The van der Waals surface area contributed by atoms with Gasteiger partial charge in [0, 0.05) is 17.8 Å². The highest BCUT2D eigenvalue weighted by Crippen LogP contribution is 2.30. The standard InChI is InChI=1S/C15H24N2O/c1-11-5-8-14(18-10-12-6-7-12)13(17-11)9-16-15(2,3)4/h5,8,12,16H,6-7,9-10H2,1-4H3. The maximum absolute atomic E-state index is 5.88. The van der Waals surface area contributed by atoms with Crippen LogP contribution in [-0.4, -0.2) is 17.1 Å². The van der Waals surface area contributed by atoms with Crippen LogP contribution in [0.3, 0.4) is 0 Å². The van der Waals surface area contributed by atoms with E-state index in [9.17, 15) is 0 Å². The van der Waals surface area contributed by atoms with E-state index in [-0.39, 0.29) is 5.54 Å². The Morgan fingerprint density at radius 3 is 2.67 bits per heavy atom. The van der Waals surface area contributed by atoms with Crippen LogP contribution < -0.4 is 10.1 Å². The van der Waals surface area contributed by atoms with Crippen LogP contribution in [-0.2, 0) is 6.54 Å². The molecular weight excluding hydrogens is 224 g/mol. The molecule has 0 atom stereocenters. The fourth-order valence-corrected chi connectivity index (χ4v) is 1.70. The Balaban J connectivity index is 2.02. The molecule has 0 amide bonds. The lowest BCUT2D eigenvalue weighted by Gasteiger charge is -2.21. The molecule has 1 aromatic rings. The fourth-order valence-electron chi connectivity index (χ4n) is 1.70. The van der Waals surface area contributed by atoms with E-state index in [2.05, 4.69) is 31.1 Å². The molecule has 1 aliphatic rings. The van der Waals surface area contributed by atoms with E-state index < -0.39 is 0 Å². The number of ether oxygens (including phenoxy) is 1. The summed E-state index contributed by atoms with van der Waals surface area (Å²) in [6.45, 7) is 10.1. The Morgan fingerprint density at radius 2 is 2.06 bits per heavy atom. The zero-order valence-electron chi connectivity index (χ0n) is 11.9. The molecule has 0 spiro atoms. The van der Waals surface area contributed by atoms with E-state index in [0.29, 0.717) is 0 Å². The molecule has 3 heteroatoms. The quantitative estimate of drug-likeness (QED) is 0.869. The van der Waals surface area contributed by atoms with Crippen LogP contribution in [0.25, 0.3) is 0 Å². The predicted molar refractivity (Wildman–Crippen MR) is 73.8 cm³/mol. The van der Waals surface area contributed by atoms with Crippen molar-refractivity contribution in [3.8, 4) is 5.75 Å². The second kappa shape index (κ2) is 5.27. The van der Waals surface area contributed by atoms with Crippen LogP contribution >= 0.6 is 0 Å². The van der Waals surface area contributed by atoms with Gasteiger partial charge in [0.15, 0.2) is 0 Å². The van der Waals surface area contributed by atoms with Crippen molar-refractivity contribution >= 4 is 0 Å². The zero-order valence-corrected chi connectivity index (χ0v) is 11.9. The Kier molecular flexibility index (Phi) is 3.91. The van der Waals surface area contributed by atoms with Crippen LogP contribution in [0.1, 0.15) is 45.0 Å². The smallest absolute Gasteiger partial charge is 0.142 e. The minimum absolute atomic E-state index is 0.0964. The molecule has 100 valence electrons. The minimum Gasteiger partial charge on any atom is -0.491 e. The maximum atomic E-state index is 5.88. The second-order valence-electron chi connectivity index (χ2n) is 6.26. The molecule has 0 saturated heterocycles. The van der Waals surface area contributed by atoms with Crippen LogP contribution in [0.5, 0.6) is 5.75 Å². The highest BCUT2D eigenvalue weighted by Gasteiger charge is 2.22. The van der Waals surface area contributed by atoms with Crippen LogP contribution in [0.15, 0.2) is 12.1 Å². The van der Waals surface area contributed by atoms with Crippen LogP contribution in [0.2, 0.25) is 0 Å². The maximum Gasteiger partial charge on any atom is 0.142 e. The summed E-state index contributed by atoms with van der Waals surface area (Å²) in [4.78, 5) is 4.59. The summed E-state index contributed by atoms with van der Waals surface area (Å²) < 4.78 is 5.88. The summed E-state index contributed by atoms with van der Waals surface area (Å²) in [6.07, 6.45) is 2.63. The van der Waals surface area contributed by atoms with Crippen molar-refractivity contribution in [3.63, 3.8) is 0 Å². The van der Waals surface area contributed by atoms with Crippen LogP contribution in [0.4, 0.5) is 0 Å². The first-order chi connectivity index (χ1) is 8.44. The molecule has 1 saturated carbocycles. The van der Waals surface area contributed by atoms with E-state index in [0.717, 1.165) is 36.2 Å². The van der Waals surface area contributed by atoms with Gasteiger partial charge < -0.3 is 10.1 Å². The molecule has 0 bridgehead atoms. The van der Waals surface area contributed by atoms with E-state index in [1.165, 1.54) is 12.8 Å². The van der Waals surface area contributed by atoms with Gasteiger partial charge in [-0.15, -0.1) is 0 Å². The van der Waals surface area contributed by atoms with E-state index in [4.69, 9.17) is 4.74 Å². The monoisotopic (exact) mass is 248 g/mol. The zero-order chi connectivity index (χ0) is 13.2. The van der Waals surface area contributed by atoms with Gasteiger partial charge in [0.2, 0.25) is 0 Å². The van der Waals surface area contributed by atoms with Gasteiger partial charge in [-0.2, -0.15) is 0 Å². The fraction of sp³-hybridized carbons (Fsp3) is 0.667. The molecule has 1 aliphatic carbocycles. The number of aromatic nitrogens is 1. The molecule has 1 fully saturated rings. The molecule has 1 N–H and O–H groups in total. The number of hydrogen-bond donors (Lipinski definition) is 1. The molecule has 0 unspecified atom stereocenters. The van der Waals surface area contributed by atoms with Crippen LogP contribution in [0, 0.1) is 12.8 Å². The highest BCUT2D eigenvalue weighted by molar-refractivity contribution is 5.29. The SMILES string of the molecule is Cc1ccc(OCC2CC2)c(CNC(C)(C)C)n1. The summed E-state index contributed by atoms with van der Waals surface area (Å²) >= 11 is 0. The second-order valence-corrected chi connectivity index (χ2v) is 6.26. The largest absolute Gasteiger partial charge is 0.491 e. The lowest BCUT2D eigenvalue weighted by molar-refractivity contribution is 0.292. The number of aryl methyl sites for hydroxylation is 1. The first-order valence-corrected chi connectivity index (χ1v) is 6.78. The molecule has 1 aromatic heterocycles. The summed E-state index contributed by atoms with van der Waals surface area (Å²) in [5.74, 6) is 1.71. The molecular formula is C15H24N2O. The first-order valence-electron chi connectivity index (χ1n) is 6.78. The average molecular weight is 248 g/mol. The van der Waals surface area contributed by atoms with Crippen molar-refractivity contribution in [1.29, 1.82) is 0 Å². The third-order valence-electron chi connectivity index (χ3n) is 3.03. The number of nitrogens with one attached hydrogen (secondary N) is 1. The third-order valence-corrected chi connectivity index (χ3v) is 3.03. The van der Waals surface area contributed by atoms with Gasteiger partial charge in [0.1, 0.15) is 5.75 Å². The third kappa shape index (κ3) is 4.30. The molecule has 0 aliphatic heterocycles. The summed E-state index contributed by atoms with van der Waals surface area (Å²) in [6, 6.07) is 4.06. The van der Waals surface area contributed by atoms with Gasteiger partial charge in [0.05, 0.1) is 12.3 Å². The van der Waals surface area contributed by atoms with Gasteiger partial charge in [-0.1, -0.05) is 0 Å². The van der Waals surface area contributed by atoms with Crippen molar-refractivity contribution in [2.24, 2.45) is 5.92 Å². The van der Waals surface area contributed by atoms with E-state index in [1.807, 2.05) is 19.1 Å². The molecule has 1 heterocycles. The molecule has 0 aromatic carbocycles. The molecule has 18 heavy (non-hydrogen) atoms. The Labute approximate surface area is 110 Å². The van der Waals surface area contributed by atoms with Gasteiger partial charge in [0.25, 0.3) is 0 Å². The normalized spacial score (nSPS) is 15.8. The lowest BCUT2D eigenvalue weighted by atomic mass is 10.1. The van der Waals surface area contributed by atoms with Crippen molar-refractivity contribution in [2.45, 2.75) is 52.6 Å². The van der Waals surface area contributed by atoms with Crippen molar-refractivity contribution in [3.05, 3.63) is 23.5 Å². The number of pyridine rings is 1. The molecule has 3 nitrogen and oxygen atoms in total. The van der Waals surface area contributed by atoms with Crippen molar-refractivity contribution in [1.82, 2.24) is 10.3 Å². The van der Waals surface area contributed by atoms with Gasteiger partial charge in [-0.05, 0) is 58.6 Å². The van der Waals surface area contributed by atoms with E-state index in [1.54, 1.807) is 0 Å². The molecule has 2 rings (SSSR count). The van der Waals surface area contributed by atoms with Gasteiger partial charge in [-0.25, -0.2) is 0 Å². The van der Waals surface area contributed by atoms with Crippen molar-refractivity contribution in [2.75, 3.05) is 6.61 Å². The lowest BCUT2D eigenvalue weighted by Crippen LogP contribution is -2.35. The topological polar surface area (TPSA) is 34.1 Å². The van der Waals surface area contributed by atoms with Crippen molar-refractivity contribution < 1.29 is 4.74 Å². The van der Waals surface area contributed by atoms with Gasteiger partial charge >= 0.3 is 0 Å². The summed E-state index contributed by atoms with van der Waals surface area (Å²) in [5.41, 5.74) is 2.16. The number of nitrogens with zero attached hydrogens (tertiary/aromatic N) is 1. The Bertz CT molecular complexity index is 405. The predicted octanol–water partition coefficient (Wildman–Crippen LogP) is 3.07. The summed E-state index contributed by atoms with van der Waals surface area (Å²) in [5, 5.41) is 3.47. The average Bonchev–Trinajstić information content (AvgIpc) is 3.08. The highest BCUT2D eigenvalue weighted by atomic mass is 16.5.